The molecule has 0 saturated carbocycles. The molecule has 4 aromatic rings. The van der Waals surface area contributed by atoms with Crippen molar-refractivity contribution < 1.29 is 9.53 Å². The highest BCUT2D eigenvalue weighted by molar-refractivity contribution is 7.14. The fourth-order valence-corrected chi connectivity index (χ4v) is 3.95. The molecule has 0 bridgehead atoms. The molecule has 4 rings (SSSR count). The predicted octanol–water partition coefficient (Wildman–Crippen LogP) is 7.09. The molecule has 0 radical (unpaired) electrons. The monoisotopic (exact) mass is 481 g/mol. The first kappa shape index (κ1) is 22.0. The summed E-state index contributed by atoms with van der Waals surface area (Å²) in [4.78, 5) is 16.7. The summed E-state index contributed by atoms with van der Waals surface area (Å²) in [5.74, 6) is 0.0681. The summed E-state index contributed by atoms with van der Waals surface area (Å²) in [6.07, 6.45) is 1.65. The second-order valence-corrected chi connectivity index (χ2v) is 8.56. The van der Waals surface area contributed by atoms with Gasteiger partial charge < -0.3 is 4.74 Å². The Morgan fingerprint density at radius 3 is 2.53 bits per heavy atom. The van der Waals surface area contributed by atoms with Crippen LogP contribution < -0.4 is 10.2 Å². The van der Waals surface area contributed by atoms with Crippen molar-refractivity contribution in [2.75, 3.05) is 5.43 Å². The van der Waals surface area contributed by atoms with Crippen molar-refractivity contribution in [3.8, 4) is 17.0 Å². The van der Waals surface area contributed by atoms with E-state index in [9.17, 15) is 4.79 Å². The van der Waals surface area contributed by atoms with E-state index in [4.69, 9.17) is 27.9 Å². The number of aromatic nitrogens is 1. The first-order valence-electron chi connectivity index (χ1n) is 9.57. The molecule has 1 aromatic heterocycles. The number of carbonyl (C=O) groups excluding carboxylic acids is 1. The van der Waals surface area contributed by atoms with Crippen molar-refractivity contribution in [3.05, 3.63) is 98.8 Å². The third-order valence-electron chi connectivity index (χ3n) is 4.46. The van der Waals surface area contributed by atoms with Gasteiger partial charge in [-0.15, -0.1) is 11.3 Å². The largest absolute Gasteiger partial charge is 0.423 e. The number of hydrogen-bond donors (Lipinski definition) is 1. The van der Waals surface area contributed by atoms with E-state index in [0.717, 1.165) is 22.4 Å². The third-order valence-corrected chi connectivity index (χ3v) is 5.76. The molecule has 0 aliphatic carbocycles. The highest BCUT2D eigenvalue weighted by atomic mass is 35.5. The van der Waals surface area contributed by atoms with Crippen molar-refractivity contribution >= 4 is 51.9 Å². The SMILES string of the molecule is Cc1ccc(C(=O)Oc2ccc(/C=N\Nc3nc(-c4ccc(Cl)cc4Cl)cs3)cc2)cc1. The fraction of sp³-hybridized carbons (Fsp3) is 0.0417. The Balaban J connectivity index is 1.35. The number of halogens is 2. The highest BCUT2D eigenvalue weighted by Gasteiger charge is 2.09. The molecule has 32 heavy (non-hydrogen) atoms. The molecule has 5 nitrogen and oxygen atoms in total. The topological polar surface area (TPSA) is 63.6 Å². The minimum atomic E-state index is -0.395. The zero-order valence-electron chi connectivity index (χ0n) is 16.9. The fourth-order valence-electron chi connectivity index (χ4n) is 2.79. The van der Waals surface area contributed by atoms with E-state index in [2.05, 4.69) is 15.5 Å². The number of rotatable bonds is 6. The van der Waals surface area contributed by atoms with Gasteiger partial charge in [-0.05, 0) is 67.1 Å². The molecule has 0 unspecified atom stereocenters. The van der Waals surface area contributed by atoms with Crippen LogP contribution in [0.1, 0.15) is 21.5 Å². The molecular formula is C24H17Cl2N3O2S. The second kappa shape index (κ2) is 9.96. The number of ether oxygens (including phenoxy) is 1. The van der Waals surface area contributed by atoms with Crippen LogP contribution in [0.4, 0.5) is 5.13 Å². The van der Waals surface area contributed by atoms with Crippen molar-refractivity contribution in [2.24, 2.45) is 5.10 Å². The van der Waals surface area contributed by atoms with Crippen molar-refractivity contribution in [2.45, 2.75) is 6.92 Å². The zero-order valence-corrected chi connectivity index (χ0v) is 19.2. The van der Waals surface area contributed by atoms with Crippen LogP contribution in [0.2, 0.25) is 10.0 Å². The highest BCUT2D eigenvalue weighted by Crippen LogP contribution is 2.32. The van der Waals surface area contributed by atoms with Gasteiger partial charge >= 0.3 is 5.97 Å². The summed E-state index contributed by atoms with van der Waals surface area (Å²) in [6, 6.07) is 19.6. The van der Waals surface area contributed by atoms with E-state index in [1.54, 1.807) is 42.6 Å². The molecule has 0 aliphatic rings. The van der Waals surface area contributed by atoms with E-state index in [-0.39, 0.29) is 0 Å². The first-order chi connectivity index (χ1) is 15.5. The average molecular weight is 482 g/mol. The van der Waals surface area contributed by atoms with Gasteiger partial charge in [0.05, 0.1) is 22.5 Å². The molecular weight excluding hydrogens is 465 g/mol. The minimum absolute atomic E-state index is 0.395. The molecule has 0 aliphatic heterocycles. The van der Waals surface area contributed by atoms with E-state index >= 15 is 0 Å². The quantitative estimate of drug-likeness (QED) is 0.138. The average Bonchev–Trinajstić information content (AvgIpc) is 3.24. The standard InChI is InChI=1S/C24H17Cl2N3O2S/c1-15-2-6-17(7-3-15)23(30)31-19-9-4-16(5-10-19)13-27-29-24-28-22(14-32-24)20-11-8-18(25)12-21(20)26/h2-14H,1H3,(H,28,29)/b27-13-. The molecule has 8 heteroatoms. The van der Waals surface area contributed by atoms with Crippen LogP contribution >= 0.6 is 34.5 Å². The van der Waals surface area contributed by atoms with Gasteiger partial charge in [0.25, 0.3) is 0 Å². The maximum Gasteiger partial charge on any atom is 0.343 e. The molecule has 0 amide bonds. The number of hydrogen-bond acceptors (Lipinski definition) is 6. The van der Waals surface area contributed by atoms with Crippen LogP contribution in [0.25, 0.3) is 11.3 Å². The van der Waals surface area contributed by atoms with Crippen LogP contribution in [0.5, 0.6) is 5.75 Å². The van der Waals surface area contributed by atoms with Crippen LogP contribution in [-0.4, -0.2) is 17.2 Å². The molecule has 1 heterocycles. The van der Waals surface area contributed by atoms with E-state index in [1.165, 1.54) is 11.3 Å². The number of esters is 1. The van der Waals surface area contributed by atoms with Gasteiger partial charge in [-0.2, -0.15) is 5.10 Å². The number of thiazole rings is 1. The normalized spacial score (nSPS) is 11.0. The molecule has 3 aromatic carbocycles. The number of hydrazone groups is 1. The summed E-state index contributed by atoms with van der Waals surface area (Å²) in [5.41, 5.74) is 6.89. The maximum absolute atomic E-state index is 12.2. The first-order valence-corrected chi connectivity index (χ1v) is 11.2. The van der Waals surface area contributed by atoms with Gasteiger partial charge in [0.15, 0.2) is 0 Å². The second-order valence-electron chi connectivity index (χ2n) is 6.86. The number of nitrogens with zero attached hydrogens (tertiary/aromatic N) is 2. The van der Waals surface area contributed by atoms with Gasteiger partial charge in [0.2, 0.25) is 5.13 Å². The molecule has 0 saturated heterocycles. The Labute approximate surface area is 199 Å². The Morgan fingerprint density at radius 2 is 1.81 bits per heavy atom. The van der Waals surface area contributed by atoms with Gasteiger partial charge in [-0.1, -0.05) is 40.9 Å². The van der Waals surface area contributed by atoms with Crippen molar-refractivity contribution in [1.82, 2.24) is 4.98 Å². The van der Waals surface area contributed by atoms with Crippen LogP contribution in [0.3, 0.4) is 0 Å². The van der Waals surface area contributed by atoms with Gasteiger partial charge in [-0.25, -0.2) is 9.78 Å². The smallest absolute Gasteiger partial charge is 0.343 e. The Hall–Kier alpha value is -3.19. The number of benzene rings is 3. The summed E-state index contributed by atoms with van der Waals surface area (Å²) >= 11 is 13.6. The van der Waals surface area contributed by atoms with Crippen molar-refractivity contribution in [1.29, 1.82) is 0 Å². The van der Waals surface area contributed by atoms with Crippen LogP contribution in [0, 0.1) is 6.92 Å². The Morgan fingerprint density at radius 1 is 1.06 bits per heavy atom. The van der Waals surface area contributed by atoms with E-state index < -0.39 is 5.97 Å². The number of carbonyl (C=O) groups is 1. The number of nitrogens with one attached hydrogen (secondary N) is 1. The lowest BCUT2D eigenvalue weighted by Gasteiger charge is -2.05. The van der Waals surface area contributed by atoms with Gasteiger partial charge in [0, 0.05) is 16.0 Å². The number of aryl methyl sites for hydroxylation is 1. The summed E-state index contributed by atoms with van der Waals surface area (Å²) in [5, 5.41) is 7.86. The number of anilines is 1. The summed E-state index contributed by atoms with van der Waals surface area (Å²) in [6.45, 7) is 1.97. The van der Waals surface area contributed by atoms with Crippen molar-refractivity contribution in [3.63, 3.8) is 0 Å². The molecule has 1 N–H and O–H groups in total. The minimum Gasteiger partial charge on any atom is -0.423 e. The molecule has 0 fully saturated rings. The van der Waals surface area contributed by atoms with E-state index in [0.29, 0.717) is 26.5 Å². The molecule has 0 spiro atoms. The third kappa shape index (κ3) is 5.53. The van der Waals surface area contributed by atoms with Gasteiger partial charge in [-0.3, -0.25) is 5.43 Å². The summed E-state index contributed by atoms with van der Waals surface area (Å²) < 4.78 is 5.40. The maximum atomic E-state index is 12.2. The Bertz CT molecular complexity index is 1270. The van der Waals surface area contributed by atoms with Gasteiger partial charge in [0.1, 0.15) is 5.75 Å². The lowest BCUT2D eigenvalue weighted by Crippen LogP contribution is -2.08. The van der Waals surface area contributed by atoms with E-state index in [1.807, 2.05) is 42.6 Å². The lowest BCUT2D eigenvalue weighted by atomic mass is 10.1. The molecule has 0 atom stereocenters. The molecule has 160 valence electrons. The summed E-state index contributed by atoms with van der Waals surface area (Å²) in [7, 11) is 0. The van der Waals surface area contributed by atoms with Crippen LogP contribution in [0.15, 0.2) is 77.2 Å². The Kier molecular flexibility index (Phi) is 6.85. The lowest BCUT2D eigenvalue weighted by molar-refractivity contribution is 0.0735. The van der Waals surface area contributed by atoms with Crippen LogP contribution in [-0.2, 0) is 0 Å². The zero-order chi connectivity index (χ0) is 22.5. The predicted molar refractivity (Wildman–Crippen MR) is 131 cm³/mol.